The van der Waals surface area contributed by atoms with E-state index in [1.54, 1.807) is 13.8 Å². The van der Waals surface area contributed by atoms with Crippen LogP contribution in [0.2, 0.25) is 0 Å². The maximum atomic E-state index is 12.5. The van der Waals surface area contributed by atoms with Crippen LogP contribution in [0.4, 0.5) is 5.69 Å². The number of benzene rings is 2. The fourth-order valence-corrected chi connectivity index (χ4v) is 2.22. The van der Waals surface area contributed by atoms with Crippen LogP contribution in [0.3, 0.4) is 0 Å². The van der Waals surface area contributed by atoms with Gasteiger partial charge in [0.1, 0.15) is 5.41 Å². The van der Waals surface area contributed by atoms with E-state index >= 15 is 0 Å². The lowest BCUT2D eigenvalue weighted by atomic mass is 9.90. The highest BCUT2D eigenvalue weighted by Gasteiger charge is 2.35. The fourth-order valence-electron chi connectivity index (χ4n) is 2.22. The van der Waals surface area contributed by atoms with Crippen molar-refractivity contribution in [1.82, 2.24) is 5.32 Å². The van der Waals surface area contributed by atoms with Gasteiger partial charge in [0.15, 0.2) is 0 Å². The first-order valence-corrected chi connectivity index (χ1v) is 8.01. The molecular weight excluding hydrogens is 300 g/mol. The van der Waals surface area contributed by atoms with Gasteiger partial charge in [-0.25, -0.2) is 0 Å². The molecule has 2 aromatic carbocycles. The van der Waals surface area contributed by atoms with Crippen LogP contribution in [0.15, 0.2) is 48.5 Å². The van der Waals surface area contributed by atoms with Crippen molar-refractivity contribution in [2.45, 2.75) is 34.2 Å². The topological polar surface area (TPSA) is 58.2 Å². The Labute approximate surface area is 143 Å². The third kappa shape index (κ3) is 4.44. The van der Waals surface area contributed by atoms with Gasteiger partial charge in [-0.05, 0) is 51.0 Å². The number of carbonyl (C=O) groups excluding carboxylic acids is 2. The summed E-state index contributed by atoms with van der Waals surface area (Å²) in [5, 5.41) is 5.65. The maximum Gasteiger partial charge on any atom is 0.239 e. The van der Waals surface area contributed by atoms with Gasteiger partial charge in [-0.3, -0.25) is 9.59 Å². The quantitative estimate of drug-likeness (QED) is 0.826. The summed E-state index contributed by atoms with van der Waals surface area (Å²) >= 11 is 0. The second kappa shape index (κ2) is 7.30. The lowest BCUT2D eigenvalue weighted by Crippen LogP contribution is -2.44. The Morgan fingerprint density at radius 2 is 1.58 bits per heavy atom. The van der Waals surface area contributed by atoms with Crippen molar-refractivity contribution in [2.24, 2.45) is 5.41 Å². The molecule has 0 aliphatic heterocycles. The van der Waals surface area contributed by atoms with Gasteiger partial charge in [0.25, 0.3) is 0 Å². The molecule has 126 valence electrons. The number of anilines is 1. The molecule has 2 rings (SSSR count). The maximum absolute atomic E-state index is 12.5. The molecule has 0 aliphatic rings. The van der Waals surface area contributed by atoms with Gasteiger partial charge in [-0.15, -0.1) is 0 Å². The van der Waals surface area contributed by atoms with Gasteiger partial charge in [0, 0.05) is 12.2 Å². The SMILES string of the molecule is Cc1ccc(CNC(=O)C(C)(C)C(=O)Nc2cccc(C)c2)cc1. The van der Waals surface area contributed by atoms with E-state index in [0.717, 1.165) is 11.1 Å². The molecule has 0 heterocycles. The average molecular weight is 324 g/mol. The molecular formula is C20H24N2O2. The minimum Gasteiger partial charge on any atom is -0.351 e. The van der Waals surface area contributed by atoms with E-state index in [1.807, 2.05) is 62.4 Å². The summed E-state index contributed by atoms with van der Waals surface area (Å²) in [4.78, 5) is 24.9. The first kappa shape index (κ1) is 17.7. The summed E-state index contributed by atoms with van der Waals surface area (Å²) in [5.74, 6) is -0.622. The molecule has 0 bridgehead atoms. The van der Waals surface area contributed by atoms with Gasteiger partial charge in [-0.2, -0.15) is 0 Å². The van der Waals surface area contributed by atoms with E-state index in [1.165, 1.54) is 5.56 Å². The summed E-state index contributed by atoms with van der Waals surface area (Å²) in [7, 11) is 0. The number of rotatable bonds is 5. The van der Waals surface area contributed by atoms with Crippen molar-refractivity contribution >= 4 is 17.5 Å². The highest BCUT2D eigenvalue weighted by Crippen LogP contribution is 2.20. The van der Waals surface area contributed by atoms with Crippen molar-refractivity contribution in [3.05, 3.63) is 65.2 Å². The molecule has 0 aliphatic carbocycles. The van der Waals surface area contributed by atoms with E-state index in [9.17, 15) is 9.59 Å². The van der Waals surface area contributed by atoms with E-state index in [2.05, 4.69) is 10.6 Å². The van der Waals surface area contributed by atoms with Gasteiger partial charge in [0.05, 0.1) is 0 Å². The van der Waals surface area contributed by atoms with E-state index in [4.69, 9.17) is 0 Å². The second-order valence-corrected chi connectivity index (χ2v) is 6.62. The van der Waals surface area contributed by atoms with Crippen molar-refractivity contribution in [1.29, 1.82) is 0 Å². The Kier molecular flexibility index (Phi) is 5.39. The lowest BCUT2D eigenvalue weighted by Gasteiger charge is -2.23. The van der Waals surface area contributed by atoms with Crippen LogP contribution in [-0.2, 0) is 16.1 Å². The predicted molar refractivity (Wildman–Crippen MR) is 96.6 cm³/mol. The van der Waals surface area contributed by atoms with E-state index < -0.39 is 5.41 Å². The molecule has 0 fully saturated rings. The molecule has 0 spiro atoms. The van der Waals surface area contributed by atoms with Crippen molar-refractivity contribution in [3.63, 3.8) is 0 Å². The van der Waals surface area contributed by atoms with Crippen LogP contribution in [-0.4, -0.2) is 11.8 Å². The van der Waals surface area contributed by atoms with E-state index in [-0.39, 0.29) is 11.8 Å². The molecule has 0 radical (unpaired) electrons. The number of carbonyl (C=O) groups is 2. The van der Waals surface area contributed by atoms with Crippen LogP contribution in [0.1, 0.15) is 30.5 Å². The first-order valence-electron chi connectivity index (χ1n) is 8.01. The Morgan fingerprint density at radius 1 is 0.917 bits per heavy atom. The summed E-state index contributed by atoms with van der Waals surface area (Å²) in [6.07, 6.45) is 0. The van der Waals surface area contributed by atoms with Gasteiger partial charge in [-0.1, -0.05) is 42.0 Å². The largest absolute Gasteiger partial charge is 0.351 e. The van der Waals surface area contributed by atoms with Crippen LogP contribution in [0.5, 0.6) is 0 Å². The fraction of sp³-hybridized carbons (Fsp3) is 0.300. The van der Waals surface area contributed by atoms with Crippen LogP contribution in [0.25, 0.3) is 0 Å². The molecule has 0 unspecified atom stereocenters. The second-order valence-electron chi connectivity index (χ2n) is 6.62. The number of nitrogens with one attached hydrogen (secondary N) is 2. The van der Waals surface area contributed by atoms with Crippen LogP contribution < -0.4 is 10.6 Å². The molecule has 24 heavy (non-hydrogen) atoms. The molecule has 2 aromatic rings. The first-order chi connectivity index (χ1) is 11.3. The Morgan fingerprint density at radius 3 is 2.21 bits per heavy atom. The van der Waals surface area contributed by atoms with Gasteiger partial charge >= 0.3 is 0 Å². The van der Waals surface area contributed by atoms with Crippen molar-refractivity contribution in [2.75, 3.05) is 5.32 Å². The summed E-state index contributed by atoms with van der Waals surface area (Å²) < 4.78 is 0. The van der Waals surface area contributed by atoms with E-state index in [0.29, 0.717) is 12.2 Å². The number of amides is 2. The predicted octanol–water partition coefficient (Wildman–Crippen LogP) is 3.58. The third-order valence-electron chi connectivity index (χ3n) is 3.98. The molecule has 0 aromatic heterocycles. The molecule has 2 N–H and O–H groups in total. The zero-order valence-corrected chi connectivity index (χ0v) is 14.6. The highest BCUT2D eigenvalue weighted by atomic mass is 16.2. The average Bonchev–Trinajstić information content (AvgIpc) is 2.54. The molecule has 4 heteroatoms. The minimum atomic E-state index is -1.16. The summed E-state index contributed by atoms with van der Waals surface area (Å²) in [6, 6.07) is 15.4. The minimum absolute atomic E-state index is 0.298. The molecule has 4 nitrogen and oxygen atoms in total. The smallest absolute Gasteiger partial charge is 0.239 e. The number of hydrogen-bond acceptors (Lipinski definition) is 2. The molecule has 2 amide bonds. The standard InChI is InChI=1S/C20H24N2O2/c1-14-8-10-16(11-9-14)13-21-18(23)20(3,4)19(24)22-17-7-5-6-15(2)12-17/h5-12H,13H2,1-4H3,(H,21,23)(H,22,24). The van der Waals surface area contributed by atoms with Crippen molar-refractivity contribution in [3.8, 4) is 0 Å². The lowest BCUT2D eigenvalue weighted by molar-refractivity contribution is -0.138. The highest BCUT2D eigenvalue weighted by molar-refractivity contribution is 6.09. The molecule has 0 saturated heterocycles. The van der Waals surface area contributed by atoms with Gasteiger partial charge < -0.3 is 10.6 Å². The Bertz CT molecular complexity index is 734. The van der Waals surface area contributed by atoms with Crippen molar-refractivity contribution < 1.29 is 9.59 Å². The Balaban J connectivity index is 1.98. The monoisotopic (exact) mass is 324 g/mol. The molecule has 0 atom stereocenters. The van der Waals surface area contributed by atoms with Crippen LogP contribution in [0, 0.1) is 19.3 Å². The molecule has 0 saturated carbocycles. The number of hydrogen-bond donors (Lipinski definition) is 2. The number of aryl methyl sites for hydroxylation is 2. The zero-order chi connectivity index (χ0) is 17.7. The van der Waals surface area contributed by atoms with Gasteiger partial charge in [0.2, 0.25) is 11.8 Å². The summed E-state index contributed by atoms with van der Waals surface area (Å²) in [5.41, 5.74) is 2.76. The third-order valence-corrected chi connectivity index (χ3v) is 3.98. The van der Waals surface area contributed by atoms with Crippen LogP contribution >= 0.6 is 0 Å². The Hall–Kier alpha value is -2.62. The zero-order valence-electron chi connectivity index (χ0n) is 14.6. The normalized spacial score (nSPS) is 11.0. The summed E-state index contributed by atoms with van der Waals surface area (Å²) in [6.45, 7) is 7.63.